The van der Waals surface area contributed by atoms with Crippen LogP contribution >= 0.6 is 0 Å². The van der Waals surface area contributed by atoms with Gasteiger partial charge in [0, 0.05) is 31.3 Å². The van der Waals surface area contributed by atoms with Crippen LogP contribution in [0.2, 0.25) is 0 Å². The van der Waals surface area contributed by atoms with E-state index in [0.29, 0.717) is 17.9 Å². The molecule has 2 aliphatic heterocycles. The van der Waals surface area contributed by atoms with Crippen molar-refractivity contribution < 1.29 is 18.3 Å². The predicted molar refractivity (Wildman–Crippen MR) is 161 cm³/mol. The second-order valence-electron chi connectivity index (χ2n) is 11.7. The molecule has 8 heteroatoms. The first-order valence-electron chi connectivity index (χ1n) is 14.5. The topological polar surface area (TPSA) is 90.0 Å². The van der Waals surface area contributed by atoms with Gasteiger partial charge in [-0.3, -0.25) is 9.69 Å². The summed E-state index contributed by atoms with van der Waals surface area (Å²) in [4.78, 5) is 17.8. The summed E-state index contributed by atoms with van der Waals surface area (Å²) in [5.41, 5.74) is 3.03. The Morgan fingerprint density at radius 3 is 2.15 bits per heavy atom. The maximum atomic E-state index is 12.9. The molecule has 1 spiro atoms. The minimum absolute atomic E-state index is 0.0303. The molecule has 3 aromatic rings. The third-order valence-corrected chi connectivity index (χ3v) is 9.99. The molecule has 2 heterocycles. The second-order valence-corrected chi connectivity index (χ2v) is 13.7. The summed E-state index contributed by atoms with van der Waals surface area (Å²) in [5, 5.41) is 14.6. The molecule has 2 atom stereocenters. The number of aliphatic hydroxyl groups is 1. The molecule has 41 heavy (non-hydrogen) atoms. The van der Waals surface area contributed by atoms with Gasteiger partial charge in [-0.25, -0.2) is 8.42 Å². The van der Waals surface area contributed by atoms with Crippen LogP contribution in [0.5, 0.6) is 0 Å². The van der Waals surface area contributed by atoms with Crippen LogP contribution in [-0.4, -0.2) is 67.9 Å². The van der Waals surface area contributed by atoms with E-state index >= 15 is 0 Å². The van der Waals surface area contributed by atoms with E-state index in [-0.39, 0.29) is 17.4 Å². The van der Waals surface area contributed by atoms with Crippen molar-refractivity contribution in [2.24, 2.45) is 5.41 Å². The molecule has 0 bridgehead atoms. The Kier molecular flexibility index (Phi) is 9.24. The van der Waals surface area contributed by atoms with Gasteiger partial charge < -0.3 is 15.3 Å². The van der Waals surface area contributed by atoms with Crippen molar-refractivity contribution in [2.45, 2.75) is 55.8 Å². The maximum Gasteiger partial charge on any atom is 0.224 e. The Labute approximate surface area is 244 Å². The van der Waals surface area contributed by atoms with Crippen LogP contribution in [0, 0.1) is 5.41 Å². The van der Waals surface area contributed by atoms with Gasteiger partial charge in [0.25, 0.3) is 0 Å². The molecule has 2 aliphatic rings. The van der Waals surface area contributed by atoms with E-state index in [4.69, 9.17) is 0 Å². The Balaban J connectivity index is 1.14. The van der Waals surface area contributed by atoms with E-state index in [1.54, 1.807) is 12.1 Å². The number of sulfone groups is 1. The van der Waals surface area contributed by atoms with Crippen molar-refractivity contribution in [2.75, 3.05) is 32.4 Å². The van der Waals surface area contributed by atoms with Crippen molar-refractivity contribution in [3.05, 3.63) is 102 Å². The number of piperidine rings is 1. The van der Waals surface area contributed by atoms with Crippen LogP contribution in [0.25, 0.3) is 0 Å². The normalized spacial score (nSPS) is 20.2. The molecule has 2 saturated heterocycles. The van der Waals surface area contributed by atoms with Crippen molar-refractivity contribution in [3.63, 3.8) is 0 Å². The maximum absolute atomic E-state index is 12.9. The summed E-state index contributed by atoms with van der Waals surface area (Å²) < 4.78 is 23.5. The van der Waals surface area contributed by atoms with Crippen LogP contribution < -0.4 is 5.32 Å². The fourth-order valence-corrected chi connectivity index (χ4v) is 6.95. The van der Waals surface area contributed by atoms with Gasteiger partial charge in [-0.05, 0) is 67.6 Å². The van der Waals surface area contributed by atoms with Crippen molar-refractivity contribution in [1.82, 2.24) is 15.1 Å². The highest BCUT2D eigenvalue weighted by atomic mass is 32.2. The van der Waals surface area contributed by atoms with Gasteiger partial charge in [0.2, 0.25) is 5.91 Å². The van der Waals surface area contributed by atoms with Gasteiger partial charge in [0.15, 0.2) is 9.84 Å². The zero-order valence-electron chi connectivity index (χ0n) is 23.8. The average molecular weight is 576 g/mol. The van der Waals surface area contributed by atoms with Crippen LogP contribution in [-0.2, 0) is 27.6 Å². The highest BCUT2D eigenvalue weighted by Gasteiger charge is 2.47. The Morgan fingerprint density at radius 2 is 1.51 bits per heavy atom. The van der Waals surface area contributed by atoms with Crippen molar-refractivity contribution in [1.29, 1.82) is 0 Å². The lowest BCUT2D eigenvalue weighted by molar-refractivity contribution is -0.121. The molecule has 2 unspecified atom stereocenters. The highest BCUT2D eigenvalue weighted by Crippen LogP contribution is 2.45. The zero-order chi connectivity index (χ0) is 28.9. The minimum atomic E-state index is -3.22. The van der Waals surface area contributed by atoms with E-state index in [1.807, 2.05) is 60.7 Å². The number of nitrogens with zero attached hydrogens (tertiary/aromatic N) is 2. The van der Waals surface area contributed by atoms with Crippen molar-refractivity contribution >= 4 is 15.7 Å². The summed E-state index contributed by atoms with van der Waals surface area (Å²) in [6.45, 7) is 4.17. The summed E-state index contributed by atoms with van der Waals surface area (Å²) >= 11 is 0. The number of hydrogen-bond acceptors (Lipinski definition) is 6. The fourth-order valence-electron chi connectivity index (χ4n) is 6.32. The molecule has 0 aliphatic carbocycles. The Hall–Kier alpha value is -3.04. The number of aliphatic hydroxyl groups excluding tert-OH is 1. The number of benzene rings is 3. The predicted octanol–water partition coefficient (Wildman–Crippen LogP) is 4.19. The number of carbonyl (C=O) groups excluding carboxylic acids is 1. The van der Waals surface area contributed by atoms with E-state index in [1.165, 1.54) is 6.26 Å². The lowest BCUT2D eigenvalue weighted by Gasteiger charge is -2.42. The summed E-state index contributed by atoms with van der Waals surface area (Å²) in [6.07, 6.45) is 4.75. The lowest BCUT2D eigenvalue weighted by Crippen LogP contribution is -2.47. The standard InChI is InChI=1S/C33H41N3O4S/c1-41(39,40)29-14-12-27(13-15-29)25-36-23-19-33(32(36)38)17-21-35(22-18-33)20-16-30(28-10-6-3-7-11-28)34-31(37)24-26-8-4-2-5-9-26/h2-15,30,32,38H,16-25H2,1H3,(H,34,37). The van der Waals surface area contributed by atoms with Crippen LogP contribution in [0.3, 0.4) is 0 Å². The molecular formula is C33H41N3O4S. The smallest absolute Gasteiger partial charge is 0.224 e. The molecular weight excluding hydrogens is 534 g/mol. The Morgan fingerprint density at radius 1 is 0.902 bits per heavy atom. The molecule has 2 fully saturated rings. The molecule has 218 valence electrons. The fraction of sp³-hybridized carbons (Fsp3) is 0.424. The van der Waals surface area contributed by atoms with Gasteiger partial charge >= 0.3 is 0 Å². The first-order valence-corrected chi connectivity index (χ1v) is 16.4. The third kappa shape index (κ3) is 7.43. The van der Waals surface area contributed by atoms with Gasteiger partial charge in [-0.2, -0.15) is 0 Å². The SMILES string of the molecule is CS(=O)(=O)c1ccc(CN2CCC3(CCN(CCC(NC(=O)Cc4ccccc4)c4ccccc4)CC3)C2O)cc1. The lowest BCUT2D eigenvalue weighted by atomic mass is 9.76. The third-order valence-electron chi connectivity index (χ3n) is 8.86. The number of nitrogens with one attached hydrogen (secondary N) is 1. The average Bonchev–Trinajstić information content (AvgIpc) is 3.26. The van der Waals surface area contributed by atoms with Crippen LogP contribution in [0.15, 0.2) is 89.8 Å². The molecule has 3 aromatic carbocycles. The molecule has 0 aromatic heterocycles. The quantitative estimate of drug-likeness (QED) is 0.377. The minimum Gasteiger partial charge on any atom is -0.378 e. The Bertz CT molecular complexity index is 1390. The first kappa shape index (κ1) is 29.5. The summed E-state index contributed by atoms with van der Waals surface area (Å²) in [7, 11) is -3.22. The molecule has 1 amide bonds. The van der Waals surface area contributed by atoms with E-state index < -0.39 is 16.1 Å². The molecule has 5 rings (SSSR count). The van der Waals surface area contributed by atoms with Gasteiger partial charge in [-0.1, -0.05) is 72.8 Å². The zero-order valence-corrected chi connectivity index (χ0v) is 24.6. The summed E-state index contributed by atoms with van der Waals surface area (Å²) in [5.74, 6) is 0.0303. The molecule has 2 N–H and O–H groups in total. The molecule has 7 nitrogen and oxygen atoms in total. The number of likely N-dealkylation sites (tertiary alicyclic amines) is 2. The molecule has 0 radical (unpaired) electrons. The second kappa shape index (κ2) is 12.9. The number of rotatable bonds is 10. The van der Waals surface area contributed by atoms with E-state index in [0.717, 1.165) is 68.6 Å². The van der Waals surface area contributed by atoms with E-state index in [2.05, 4.69) is 27.2 Å². The van der Waals surface area contributed by atoms with Gasteiger partial charge in [0.05, 0.1) is 17.4 Å². The van der Waals surface area contributed by atoms with Gasteiger partial charge in [0.1, 0.15) is 6.23 Å². The van der Waals surface area contributed by atoms with Gasteiger partial charge in [-0.15, -0.1) is 0 Å². The number of hydrogen-bond donors (Lipinski definition) is 2. The first-order chi connectivity index (χ1) is 19.7. The van der Waals surface area contributed by atoms with E-state index in [9.17, 15) is 18.3 Å². The van der Waals surface area contributed by atoms with Crippen LogP contribution in [0.4, 0.5) is 0 Å². The highest BCUT2D eigenvalue weighted by molar-refractivity contribution is 7.90. The summed E-state index contributed by atoms with van der Waals surface area (Å²) in [6, 6.07) is 27.0. The largest absolute Gasteiger partial charge is 0.378 e. The van der Waals surface area contributed by atoms with Crippen LogP contribution in [0.1, 0.15) is 48.4 Å². The molecule has 0 saturated carbocycles. The number of amides is 1. The van der Waals surface area contributed by atoms with Crippen molar-refractivity contribution in [3.8, 4) is 0 Å². The monoisotopic (exact) mass is 575 g/mol. The number of carbonyl (C=O) groups is 1.